The number of anilines is 2. The lowest BCUT2D eigenvalue weighted by Crippen LogP contribution is -2.47. The maximum absolute atomic E-state index is 6.02. The van der Waals surface area contributed by atoms with E-state index in [1.165, 1.54) is 38.5 Å². The first-order valence-electron chi connectivity index (χ1n) is 7.49. The number of hydrogen-bond acceptors (Lipinski definition) is 4. The van der Waals surface area contributed by atoms with Gasteiger partial charge in [-0.25, -0.2) is 4.98 Å². The van der Waals surface area contributed by atoms with Gasteiger partial charge in [-0.2, -0.15) is 4.98 Å². The summed E-state index contributed by atoms with van der Waals surface area (Å²) in [5, 5.41) is 0. The molecule has 0 radical (unpaired) electrons. The second-order valence-electron chi connectivity index (χ2n) is 7.23. The molecule has 4 fully saturated rings. The summed E-state index contributed by atoms with van der Waals surface area (Å²) >= 11 is 0. The Hall–Kier alpha value is -1.32. The maximum atomic E-state index is 6.02. The van der Waals surface area contributed by atoms with Crippen molar-refractivity contribution >= 4 is 11.8 Å². The second kappa shape index (κ2) is 3.84. The monoisotopic (exact) mass is 258 g/mol. The Morgan fingerprint density at radius 2 is 1.63 bits per heavy atom. The van der Waals surface area contributed by atoms with Crippen LogP contribution < -0.4 is 11.5 Å². The molecule has 0 spiro atoms. The van der Waals surface area contributed by atoms with Gasteiger partial charge in [-0.15, -0.1) is 0 Å². The third kappa shape index (κ3) is 1.88. The van der Waals surface area contributed by atoms with Crippen LogP contribution in [0.4, 0.5) is 11.8 Å². The number of rotatable bonds is 2. The summed E-state index contributed by atoms with van der Waals surface area (Å²) in [4.78, 5) is 8.24. The minimum absolute atomic E-state index is 0.284. The Bertz CT molecular complexity index is 476. The van der Waals surface area contributed by atoms with Crippen molar-refractivity contribution in [1.82, 2.24) is 9.97 Å². The van der Waals surface area contributed by atoms with Gasteiger partial charge in [-0.05, 0) is 68.1 Å². The summed E-state index contributed by atoms with van der Waals surface area (Å²) in [6.07, 6.45) is 11.5. The van der Waals surface area contributed by atoms with Gasteiger partial charge in [0.05, 0.1) is 0 Å². The Labute approximate surface area is 114 Å². The van der Waals surface area contributed by atoms with Crippen molar-refractivity contribution in [3.8, 4) is 0 Å². The molecule has 4 aliphatic rings. The van der Waals surface area contributed by atoms with Crippen molar-refractivity contribution in [1.29, 1.82) is 0 Å². The van der Waals surface area contributed by atoms with Gasteiger partial charge >= 0.3 is 0 Å². The van der Waals surface area contributed by atoms with E-state index in [1.807, 2.05) is 6.20 Å². The zero-order chi connectivity index (χ0) is 13.0. The summed E-state index contributed by atoms with van der Waals surface area (Å²) in [6.45, 7) is 0. The fourth-order valence-corrected chi connectivity index (χ4v) is 5.48. The van der Waals surface area contributed by atoms with Gasteiger partial charge in [0, 0.05) is 11.8 Å². The van der Waals surface area contributed by atoms with E-state index in [2.05, 4.69) is 9.97 Å². The molecule has 1 aromatic heterocycles. The van der Waals surface area contributed by atoms with Crippen LogP contribution in [-0.4, -0.2) is 9.97 Å². The first kappa shape index (κ1) is 11.5. The number of nitrogen functional groups attached to an aromatic ring is 2. The van der Waals surface area contributed by atoms with Crippen LogP contribution in [0.15, 0.2) is 6.20 Å². The zero-order valence-electron chi connectivity index (χ0n) is 11.3. The molecule has 4 saturated carbocycles. The van der Waals surface area contributed by atoms with Crippen molar-refractivity contribution in [3.63, 3.8) is 0 Å². The van der Waals surface area contributed by atoms with E-state index in [0.717, 1.165) is 29.7 Å². The highest BCUT2D eigenvalue weighted by Crippen LogP contribution is 2.61. The minimum Gasteiger partial charge on any atom is -0.383 e. The summed E-state index contributed by atoms with van der Waals surface area (Å²) in [5.41, 5.74) is 13.2. The molecule has 1 aromatic rings. The zero-order valence-corrected chi connectivity index (χ0v) is 11.3. The molecule has 4 bridgehead atoms. The normalized spacial score (nSPS) is 39.7. The SMILES string of the molecule is Nc1ncc(CC23CC4CC(CC(C4)C2)C3)c(N)n1. The summed E-state index contributed by atoms with van der Waals surface area (Å²) in [5.74, 6) is 3.79. The molecule has 19 heavy (non-hydrogen) atoms. The van der Waals surface area contributed by atoms with E-state index in [0.29, 0.717) is 11.2 Å². The van der Waals surface area contributed by atoms with Gasteiger partial charge in [0.2, 0.25) is 5.95 Å². The van der Waals surface area contributed by atoms with Crippen LogP contribution in [0, 0.1) is 23.2 Å². The van der Waals surface area contributed by atoms with Crippen molar-refractivity contribution < 1.29 is 0 Å². The maximum Gasteiger partial charge on any atom is 0.221 e. The quantitative estimate of drug-likeness (QED) is 0.854. The standard InChI is InChI=1S/C15H22N4/c16-13-12(8-18-14(17)19-13)7-15-4-9-1-10(5-15)3-11(2-9)6-15/h8-11H,1-7H2,(H4,16,17,18,19). The molecule has 102 valence electrons. The van der Waals surface area contributed by atoms with Crippen molar-refractivity contribution in [2.75, 3.05) is 11.5 Å². The molecular weight excluding hydrogens is 236 g/mol. The highest BCUT2D eigenvalue weighted by atomic mass is 15.0. The van der Waals surface area contributed by atoms with E-state index in [-0.39, 0.29) is 5.95 Å². The Morgan fingerprint density at radius 1 is 1.05 bits per heavy atom. The van der Waals surface area contributed by atoms with Crippen LogP contribution in [0.3, 0.4) is 0 Å². The van der Waals surface area contributed by atoms with Crippen molar-refractivity contribution in [3.05, 3.63) is 11.8 Å². The van der Waals surface area contributed by atoms with Crippen molar-refractivity contribution in [2.24, 2.45) is 23.2 Å². The molecule has 0 saturated heterocycles. The lowest BCUT2D eigenvalue weighted by molar-refractivity contribution is -0.0521. The third-order valence-electron chi connectivity index (χ3n) is 5.65. The van der Waals surface area contributed by atoms with E-state index < -0.39 is 0 Å². The smallest absolute Gasteiger partial charge is 0.221 e. The van der Waals surface area contributed by atoms with Crippen LogP contribution in [0.2, 0.25) is 0 Å². The number of aromatic nitrogens is 2. The third-order valence-corrected chi connectivity index (χ3v) is 5.65. The van der Waals surface area contributed by atoms with Crippen LogP contribution in [0.1, 0.15) is 44.1 Å². The van der Waals surface area contributed by atoms with E-state index >= 15 is 0 Å². The average molecular weight is 258 g/mol. The number of nitrogens with two attached hydrogens (primary N) is 2. The molecule has 0 atom stereocenters. The largest absolute Gasteiger partial charge is 0.383 e. The van der Waals surface area contributed by atoms with Crippen molar-refractivity contribution in [2.45, 2.75) is 44.9 Å². The molecule has 4 N–H and O–H groups in total. The molecule has 4 heteroatoms. The average Bonchev–Trinajstić information content (AvgIpc) is 2.31. The minimum atomic E-state index is 0.284. The first-order valence-corrected chi connectivity index (χ1v) is 7.49. The number of nitrogens with zero attached hydrogens (tertiary/aromatic N) is 2. The predicted molar refractivity (Wildman–Crippen MR) is 75.2 cm³/mol. The molecular formula is C15H22N4. The number of hydrogen-bond donors (Lipinski definition) is 2. The molecule has 0 aromatic carbocycles. The first-order chi connectivity index (χ1) is 9.12. The highest BCUT2D eigenvalue weighted by molar-refractivity contribution is 5.42. The molecule has 0 unspecified atom stereocenters. The molecule has 1 heterocycles. The van der Waals surface area contributed by atoms with E-state index in [9.17, 15) is 0 Å². The molecule has 4 nitrogen and oxygen atoms in total. The van der Waals surface area contributed by atoms with Crippen LogP contribution in [0.25, 0.3) is 0 Å². The summed E-state index contributed by atoms with van der Waals surface area (Å²) in [6, 6.07) is 0. The second-order valence-corrected chi connectivity index (χ2v) is 7.23. The molecule has 5 rings (SSSR count). The molecule has 4 aliphatic carbocycles. The van der Waals surface area contributed by atoms with Gasteiger partial charge in [0.15, 0.2) is 0 Å². The lowest BCUT2D eigenvalue weighted by atomic mass is 9.48. The van der Waals surface area contributed by atoms with Crippen LogP contribution in [0.5, 0.6) is 0 Å². The van der Waals surface area contributed by atoms with Gasteiger partial charge < -0.3 is 11.5 Å². The van der Waals surface area contributed by atoms with Gasteiger partial charge in [0.25, 0.3) is 0 Å². The van der Waals surface area contributed by atoms with E-state index in [4.69, 9.17) is 11.5 Å². The fraction of sp³-hybridized carbons (Fsp3) is 0.733. The Morgan fingerprint density at radius 3 is 2.16 bits per heavy atom. The molecule has 0 amide bonds. The Kier molecular flexibility index (Phi) is 2.32. The van der Waals surface area contributed by atoms with Crippen LogP contribution in [-0.2, 0) is 6.42 Å². The van der Waals surface area contributed by atoms with Crippen LogP contribution >= 0.6 is 0 Å². The van der Waals surface area contributed by atoms with E-state index in [1.54, 1.807) is 0 Å². The van der Waals surface area contributed by atoms with Gasteiger partial charge in [-0.1, -0.05) is 0 Å². The summed E-state index contributed by atoms with van der Waals surface area (Å²) < 4.78 is 0. The topological polar surface area (TPSA) is 77.8 Å². The molecule has 0 aliphatic heterocycles. The summed E-state index contributed by atoms with van der Waals surface area (Å²) in [7, 11) is 0. The van der Waals surface area contributed by atoms with Gasteiger partial charge in [0.1, 0.15) is 5.82 Å². The predicted octanol–water partition coefficient (Wildman–Crippen LogP) is 2.40. The fourth-order valence-electron chi connectivity index (χ4n) is 5.48. The van der Waals surface area contributed by atoms with Gasteiger partial charge in [-0.3, -0.25) is 0 Å². The lowest BCUT2D eigenvalue weighted by Gasteiger charge is -2.57. The Balaban J connectivity index is 1.62. The highest BCUT2D eigenvalue weighted by Gasteiger charge is 2.50.